The number of anilines is 1. The van der Waals surface area contributed by atoms with E-state index in [9.17, 15) is 0 Å². The molecule has 1 aromatic heterocycles. The van der Waals surface area contributed by atoms with Gasteiger partial charge in [-0.2, -0.15) is 4.98 Å². The van der Waals surface area contributed by atoms with E-state index in [1.54, 1.807) is 0 Å². The van der Waals surface area contributed by atoms with Crippen molar-refractivity contribution in [3.63, 3.8) is 0 Å². The van der Waals surface area contributed by atoms with E-state index in [4.69, 9.17) is 10.5 Å². The van der Waals surface area contributed by atoms with Crippen molar-refractivity contribution in [3.8, 4) is 5.88 Å². The maximum absolute atomic E-state index is 5.45. The summed E-state index contributed by atoms with van der Waals surface area (Å²) in [5.74, 6) is 0.430. The molecule has 0 bridgehead atoms. The molecular weight excluding hydrogens is 245 g/mol. The summed E-state index contributed by atoms with van der Waals surface area (Å²) in [7, 11) is 1.52. The molecule has 1 heterocycles. The molecule has 0 aliphatic carbocycles. The summed E-state index contributed by atoms with van der Waals surface area (Å²) < 4.78 is 5.47. The molecule has 0 radical (unpaired) electrons. The van der Waals surface area contributed by atoms with Gasteiger partial charge in [0.15, 0.2) is 3.83 Å². The number of hydrogen-bond donors (Lipinski definition) is 1. The fourth-order valence-corrected chi connectivity index (χ4v) is 0.877. The second kappa shape index (κ2) is 3.00. The van der Waals surface area contributed by atoms with E-state index in [-0.39, 0.29) is 0 Å². The van der Waals surface area contributed by atoms with Crippen LogP contribution in [0.4, 0.5) is 5.69 Å². The number of aromatic nitrogens is 2. The maximum Gasteiger partial charge on any atom is 0.240 e. The van der Waals surface area contributed by atoms with Crippen LogP contribution in [0.15, 0.2) is 6.20 Å². The number of rotatable bonds is 1. The number of methoxy groups -OCH3 is 1. The molecular formula is C5H6IN3O. The third-order valence-corrected chi connectivity index (χ3v) is 1.46. The van der Waals surface area contributed by atoms with Gasteiger partial charge in [-0.1, -0.05) is 0 Å². The van der Waals surface area contributed by atoms with Crippen LogP contribution in [0.5, 0.6) is 5.88 Å². The molecule has 0 fully saturated rings. The zero-order valence-electron chi connectivity index (χ0n) is 5.34. The van der Waals surface area contributed by atoms with Crippen molar-refractivity contribution < 1.29 is 4.74 Å². The average molecular weight is 251 g/mol. The van der Waals surface area contributed by atoms with E-state index in [1.165, 1.54) is 13.3 Å². The van der Waals surface area contributed by atoms with Crippen molar-refractivity contribution in [3.05, 3.63) is 10.0 Å². The molecule has 0 atom stereocenters. The maximum atomic E-state index is 5.45. The number of halogens is 1. The zero-order valence-corrected chi connectivity index (χ0v) is 7.49. The van der Waals surface area contributed by atoms with Gasteiger partial charge >= 0.3 is 0 Å². The van der Waals surface area contributed by atoms with E-state index in [1.807, 2.05) is 22.6 Å². The standard InChI is InChI=1S/C5H6IN3O/c1-10-4-3(7)2-8-5(6)9-4/h2H,7H2,1H3. The van der Waals surface area contributed by atoms with Crippen LogP contribution < -0.4 is 10.5 Å². The van der Waals surface area contributed by atoms with Gasteiger partial charge in [0.1, 0.15) is 5.69 Å². The first-order valence-electron chi connectivity index (χ1n) is 2.56. The van der Waals surface area contributed by atoms with Gasteiger partial charge in [-0.3, -0.25) is 0 Å². The predicted octanol–water partition coefficient (Wildman–Crippen LogP) is 0.672. The molecule has 54 valence electrons. The molecule has 2 N–H and O–H groups in total. The SMILES string of the molecule is COc1nc(I)ncc1N. The first-order chi connectivity index (χ1) is 4.74. The van der Waals surface area contributed by atoms with Gasteiger partial charge in [-0.05, 0) is 0 Å². The van der Waals surface area contributed by atoms with Gasteiger partial charge in [-0.15, -0.1) is 0 Å². The topological polar surface area (TPSA) is 61.0 Å². The Morgan fingerprint density at radius 3 is 2.90 bits per heavy atom. The smallest absolute Gasteiger partial charge is 0.240 e. The third kappa shape index (κ3) is 1.47. The lowest BCUT2D eigenvalue weighted by molar-refractivity contribution is 0.398. The summed E-state index contributed by atoms with van der Waals surface area (Å²) in [6.45, 7) is 0. The fraction of sp³-hybridized carbons (Fsp3) is 0.200. The summed E-state index contributed by atoms with van der Waals surface area (Å²) in [5, 5.41) is 0. The minimum atomic E-state index is 0.430. The third-order valence-electron chi connectivity index (χ3n) is 0.944. The minimum absolute atomic E-state index is 0.430. The van der Waals surface area contributed by atoms with Crippen LogP contribution in [0.2, 0.25) is 0 Å². The number of nitrogens with zero attached hydrogens (tertiary/aromatic N) is 2. The highest BCUT2D eigenvalue weighted by atomic mass is 127. The van der Waals surface area contributed by atoms with Crippen LogP contribution in [0.25, 0.3) is 0 Å². The normalized spacial score (nSPS) is 9.40. The summed E-state index contributed by atoms with van der Waals surface area (Å²) in [6, 6.07) is 0. The summed E-state index contributed by atoms with van der Waals surface area (Å²) in [5.41, 5.74) is 5.91. The molecule has 0 aliphatic heterocycles. The van der Waals surface area contributed by atoms with Crippen molar-refractivity contribution in [2.45, 2.75) is 0 Å². The van der Waals surface area contributed by atoms with E-state index < -0.39 is 0 Å². The Labute approximate surface area is 72.0 Å². The van der Waals surface area contributed by atoms with E-state index in [0.717, 1.165) is 0 Å². The molecule has 0 saturated carbocycles. The number of hydrogen-bond acceptors (Lipinski definition) is 4. The Morgan fingerprint density at radius 1 is 1.70 bits per heavy atom. The number of ether oxygens (including phenoxy) is 1. The molecule has 0 unspecified atom stereocenters. The Balaban J connectivity index is 3.09. The molecule has 5 heteroatoms. The van der Waals surface area contributed by atoms with Gasteiger partial charge in [0.05, 0.1) is 13.3 Å². The molecule has 1 rings (SSSR count). The summed E-state index contributed by atoms with van der Waals surface area (Å²) in [6.07, 6.45) is 1.52. The first kappa shape index (κ1) is 7.52. The van der Waals surface area contributed by atoms with Crippen LogP contribution in [-0.4, -0.2) is 17.1 Å². The van der Waals surface area contributed by atoms with Crippen molar-refractivity contribution in [2.24, 2.45) is 0 Å². The lowest BCUT2D eigenvalue weighted by atomic mass is 10.5. The van der Waals surface area contributed by atoms with Crippen LogP contribution in [-0.2, 0) is 0 Å². The molecule has 0 aromatic carbocycles. The molecule has 0 aliphatic rings. The van der Waals surface area contributed by atoms with Crippen molar-refractivity contribution in [1.29, 1.82) is 0 Å². The van der Waals surface area contributed by atoms with E-state index in [2.05, 4.69) is 9.97 Å². The number of nitrogens with two attached hydrogens (primary N) is 1. The highest BCUT2D eigenvalue weighted by Gasteiger charge is 2.00. The Bertz CT molecular complexity index is 240. The van der Waals surface area contributed by atoms with Gasteiger partial charge in [0.2, 0.25) is 5.88 Å². The minimum Gasteiger partial charge on any atom is -0.479 e. The first-order valence-corrected chi connectivity index (χ1v) is 3.64. The van der Waals surface area contributed by atoms with Gasteiger partial charge in [0.25, 0.3) is 0 Å². The van der Waals surface area contributed by atoms with Crippen LogP contribution in [0.1, 0.15) is 0 Å². The molecule has 4 nitrogen and oxygen atoms in total. The molecule has 10 heavy (non-hydrogen) atoms. The van der Waals surface area contributed by atoms with Gasteiger partial charge < -0.3 is 10.5 Å². The van der Waals surface area contributed by atoms with Crippen molar-refractivity contribution in [1.82, 2.24) is 9.97 Å². The Hall–Kier alpha value is -0.590. The Kier molecular flexibility index (Phi) is 2.25. The van der Waals surface area contributed by atoms with E-state index in [0.29, 0.717) is 15.4 Å². The summed E-state index contributed by atoms with van der Waals surface area (Å²) >= 11 is 1.99. The van der Waals surface area contributed by atoms with Crippen molar-refractivity contribution >= 4 is 28.3 Å². The molecule has 0 spiro atoms. The zero-order chi connectivity index (χ0) is 7.56. The highest BCUT2D eigenvalue weighted by Crippen LogP contribution is 2.15. The van der Waals surface area contributed by atoms with Gasteiger partial charge in [-0.25, -0.2) is 4.98 Å². The average Bonchev–Trinajstić information content (AvgIpc) is 1.94. The van der Waals surface area contributed by atoms with Crippen LogP contribution in [0.3, 0.4) is 0 Å². The predicted molar refractivity (Wildman–Crippen MR) is 45.7 cm³/mol. The number of nitrogen functional groups attached to an aromatic ring is 1. The lowest BCUT2D eigenvalue weighted by Crippen LogP contribution is -1.98. The van der Waals surface area contributed by atoms with Crippen molar-refractivity contribution in [2.75, 3.05) is 12.8 Å². The second-order valence-corrected chi connectivity index (χ2v) is 2.57. The second-order valence-electron chi connectivity index (χ2n) is 1.60. The van der Waals surface area contributed by atoms with E-state index >= 15 is 0 Å². The quantitative estimate of drug-likeness (QED) is 0.588. The van der Waals surface area contributed by atoms with Gasteiger partial charge in [0, 0.05) is 22.6 Å². The largest absolute Gasteiger partial charge is 0.479 e. The molecule has 1 aromatic rings. The monoisotopic (exact) mass is 251 g/mol. The Morgan fingerprint density at radius 2 is 2.40 bits per heavy atom. The summed E-state index contributed by atoms with van der Waals surface area (Å²) in [4.78, 5) is 7.78. The lowest BCUT2D eigenvalue weighted by Gasteiger charge is -2.00. The molecule has 0 amide bonds. The fourth-order valence-electron chi connectivity index (χ4n) is 0.519. The van der Waals surface area contributed by atoms with Crippen LogP contribution in [0, 0.1) is 3.83 Å². The highest BCUT2D eigenvalue weighted by molar-refractivity contribution is 14.1. The molecule has 0 saturated heterocycles. The van der Waals surface area contributed by atoms with Crippen LogP contribution >= 0.6 is 22.6 Å².